The second kappa shape index (κ2) is 6.39. The maximum atomic E-state index is 12.9. The Morgan fingerprint density at radius 1 is 1.14 bits per heavy atom. The molecule has 3 nitrogen and oxygen atoms in total. The third-order valence-electron chi connectivity index (χ3n) is 3.73. The number of halogens is 3. The number of rotatable bonds is 4. The molecule has 3 N–H and O–H groups in total. The monoisotopic (exact) mass is 300 g/mol. The summed E-state index contributed by atoms with van der Waals surface area (Å²) in [4.78, 5) is 1.48. The van der Waals surface area contributed by atoms with Crippen LogP contribution in [0.5, 0.6) is 0 Å². The lowest BCUT2D eigenvalue weighted by Crippen LogP contribution is -3.15. The Kier molecular flexibility index (Phi) is 4.77. The van der Waals surface area contributed by atoms with Gasteiger partial charge in [-0.3, -0.25) is 0 Å². The molecule has 0 saturated heterocycles. The summed E-state index contributed by atoms with van der Waals surface area (Å²) in [7, 11) is 0. The number of hydrazine groups is 1. The van der Waals surface area contributed by atoms with Crippen molar-refractivity contribution in [3.05, 3.63) is 41.6 Å². The normalized spacial score (nSPS) is 19.3. The van der Waals surface area contributed by atoms with Gasteiger partial charge in [0.1, 0.15) is 0 Å². The summed E-state index contributed by atoms with van der Waals surface area (Å²) in [5.41, 5.74) is 5.92. The molecule has 1 aliphatic rings. The third-order valence-corrected chi connectivity index (χ3v) is 3.73. The van der Waals surface area contributed by atoms with Crippen molar-refractivity contribution in [1.29, 1.82) is 0 Å². The maximum absolute atomic E-state index is 12.9. The predicted octanol–water partition coefficient (Wildman–Crippen LogP) is 2.20. The fourth-order valence-electron chi connectivity index (χ4n) is 2.38. The summed E-state index contributed by atoms with van der Waals surface area (Å²) in [5.74, 6) is 0. The minimum absolute atomic E-state index is 0.0459. The second-order valence-electron chi connectivity index (χ2n) is 5.54. The molecular weight excluding hydrogens is 279 g/mol. The Morgan fingerprint density at radius 3 is 2.43 bits per heavy atom. The second-order valence-corrected chi connectivity index (χ2v) is 5.54. The smallest absolute Gasteiger partial charge is 0.329 e. The van der Waals surface area contributed by atoms with E-state index in [2.05, 4.69) is 24.7 Å². The molecule has 0 saturated carbocycles. The van der Waals surface area contributed by atoms with Crippen LogP contribution in [-0.4, -0.2) is 19.1 Å². The molecule has 1 aromatic rings. The number of quaternary nitrogens is 1. The first-order chi connectivity index (χ1) is 9.88. The first-order valence-electron chi connectivity index (χ1n) is 7.10. The molecule has 116 valence electrons. The van der Waals surface area contributed by atoms with Gasteiger partial charge in [-0.05, 0) is 32.1 Å². The molecule has 1 unspecified atom stereocenters. The third kappa shape index (κ3) is 4.14. The van der Waals surface area contributed by atoms with Gasteiger partial charge in [0.2, 0.25) is 0 Å². The quantitative estimate of drug-likeness (QED) is 0.744. The van der Waals surface area contributed by atoms with E-state index in [0.29, 0.717) is 6.04 Å². The molecular formula is C15H21F3N3+. The molecule has 1 aliphatic heterocycles. The van der Waals surface area contributed by atoms with Crippen molar-refractivity contribution in [2.45, 2.75) is 32.5 Å². The number of para-hydroxylation sites is 1. The fourth-order valence-corrected chi connectivity index (χ4v) is 2.38. The van der Waals surface area contributed by atoms with Gasteiger partial charge in [0, 0.05) is 12.1 Å². The van der Waals surface area contributed by atoms with Gasteiger partial charge >= 0.3 is 6.18 Å². The highest BCUT2D eigenvalue weighted by molar-refractivity contribution is 5.52. The molecule has 21 heavy (non-hydrogen) atoms. The van der Waals surface area contributed by atoms with E-state index in [0.717, 1.165) is 31.3 Å². The van der Waals surface area contributed by atoms with E-state index in [1.807, 2.05) is 6.08 Å². The van der Waals surface area contributed by atoms with Crippen molar-refractivity contribution in [1.82, 2.24) is 5.43 Å². The van der Waals surface area contributed by atoms with E-state index in [9.17, 15) is 13.2 Å². The van der Waals surface area contributed by atoms with Crippen LogP contribution in [0.25, 0.3) is 0 Å². The lowest BCUT2D eigenvalue weighted by molar-refractivity contribution is -0.917. The minimum atomic E-state index is -4.36. The number of benzene rings is 1. The van der Waals surface area contributed by atoms with Gasteiger partial charge in [-0.1, -0.05) is 12.1 Å². The van der Waals surface area contributed by atoms with E-state index < -0.39 is 11.7 Å². The topological polar surface area (TPSA) is 28.5 Å². The summed E-state index contributed by atoms with van der Waals surface area (Å²) < 4.78 is 38.6. The minimum Gasteiger partial charge on any atom is -0.329 e. The molecule has 2 rings (SSSR count). The van der Waals surface area contributed by atoms with Crippen LogP contribution in [0.3, 0.4) is 0 Å². The Hall–Kier alpha value is -1.69. The van der Waals surface area contributed by atoms with Gasteiger partial charge in [-0.2, -0.15) is 13.2 Å². The molecule has 0 fully saturated rings. The summed E-state index contributed by atoms with van der Waals surface area (Å²) in [6.45, 7) is 6.21. The Balaban J connectivity index is 1.99. The van der Waals surface area contributed by atoms with E-state index >= 15 is 0 Å². The highest BCUT2D eigenvalue weighted by Crippen LogP contribution is 2.34. The summed E-state index contributed by atoms with van der Waals surface area (Å²) in [6, 6.07) is 6.02. The lowest BCUT2D eigenvalue weighted by Gasteiger charge is -2.27. The Labute approximate surface area is 122 Å². The van der Waals surface area contributed by atoms with Crippen molar-refractivity contribution >= 4 is 5.69 Å². The summed E-state index contributed by atoms with van der Waals surface area (Å²) in [5, 5.41) is 0. The molecule has 0 bridgehead atoms. The highest BCUT2D eigenvalue weighted by Gasteiger charge is 2.33. The molecule has 0 aliphatic carbocycles. The van der Waals surface area contributed by atoms with Crippen molar-refractivity contribution in [2.75, 3.05) is 18.5 Å². The molecule has 1 heterocycles. The largest absolute Gasteiger partial charge is 0.418 e. The van der Waals surface area contributed by atoms with Crippen molar-refractivity contribution in [3.63, 3.8) is 0 Å². The zero-order valence-corrected chi connectivity index (χ0v) is 12.2. The van der Waals surface area contributed by atoms with Crippen LogP contribution in [0.1, 0.15) is 25.8 Å². The number of hydrogen-bond acceptors (Lipinski definition) is 2. The molecule has 1 atom stereocenters. The number of hydrogen-bond donors (Lipinski definition) is 3. The maximum Gasteiger partial charge on any atom is 0.418 e. The standard InChI is InChI=1S/C15H20F3N3/c1-11(2)21-9-7-12(8-10-21)19-20-14-6-4-3-5-13(14)15(16,17)18/h3-7,11,19-20H,8-10H2,1-2H3/p+1. The van der Waals surface area contributed by atoms with Crippen LogP contribution in [0, 0.1) is 0 Å². The van der Waals surface area contributed by atoms with Gasteiger partial charge in [0.05, 0.1) is 30.4 Å². The van der Waals surface area contributed by atoms with Crippen LogP contribution < -0.4 is 15.8 Å². The summed E-state index contributed by atoms with van der Waals surface area (Å²) in [6.07, 6.45) is -1.48. The molecule has 0 amide bonds. The predicted molar refractivity (Wildman–Crippen MR) is 76.7 cm³/mol. The average molecular weight is 300 g/mol. The molecule has 0 radical (unpaired) electrons. The number of anilines is 1. The van der Waals surface area contributed by atoms with Crippen molar-refractivity contribution in [3.8, 4) is 0 Å². The van der Waals surface area contributed by atoms with E-state index in [1.54, 1.807) is 6.07 Å². The molecule has 0 spiro atoms. The zero-order chi connectivity index (χ0) is 15.5. The van der Waals surface area contributed by atoms with Crippen LogP contribution >= 0.6 is 0 Å². The first-order valence-corrected chi connectivity index (χ1v) is 7.10. The van der Waals surface area contributed by atoms with Crippen molar-refractivity contribution in [2.24, 2.45) is 0 Å². The SMILES string of the molecule is CC(C)[NH+]1CC=C(NNc2ccccc2C(F)(F)F)CC1. The fraction of sp³-hybridized carbons (Fsp3) is 0.467. The van der Waals surface area contributed by atoms with Gasteiger partial charge in [0.25, 0.3) is 0 Å². The van der Waals surface area contributed by atoms with Crippen LogP contribution in [0.15, 0.2) is 36.0 Å². The molecule has 0 aromatic heterocycles. The molecule has 1 aromatic carbocycles. The average Bonchev–Trinajstić information content (AvgIpc) is 2.45. The Morgan fingerprint density at radius 2 is 1.86 bits per heavy atom. The Bertz CT molecular complexity index is 509. The number of alkyl halides is 3. The van der Waals surface area contributed by atoms with E-state index in [1.165, 1.54) is 17.0 Å². The van der Waals surface area contributed by atoms with Gasteiger partial charge in [0.15, 0.2) is 0 Å². The van der Waals surface area contributed by atoms with Crippen LogP contribution in [0.2, 0.25) is 0 Å². The lowest BCUT2D eigenvalue weighted by atomic mass is 10.1. The van der Waals surface area contributed by atoms with Crippen LogP contribution in [-0.2, 0) is 6.18 Å². The van der Waals surface area contributed by atoms with Crippen LogP contribution in [0.4, 0.5) is 18.9 Å². The number of nitrogens with one attached hydrogen (secondary N) is 3. The van der Waals surface area contributed by atoms with Gasteiger partial charge in [-0.25, -0.2) is 0 Å². The van der Waals surface area contributed by atoms with Gasteiger partial charge < -0.3 is 15.8 Å². The molecule has 6 heteroatoms. The highest BCUT2D eigenvalue weighted by atomic mass is 19.4. The first kappa shape index (κ1) is 15.7. The van der Waals surface area contributed by atoms with E-state index in [4.69, 9.17) is 0 Å². The van der Waals surface area contributed by atoms with Crippen molar-refractivity contribution < 1.29 is 18.1 Å². The van der Waals surface area contributed by atoms with E-state index in [-0.39, 0.29) is 5.69 Å². The summed E-state index contributed by atoms with van der Waals surface area (Å²) >= 11 is 0. The zero-order valence-electron chi connectivity index (χ0n) is 12.2. The van der Waals surface area contributed by atoms with Gasteiger partial charge in [-0.15, -0.1) is 0 Å².